The highest BCUT2D eigenvalue weighted by molar-refractivity contribution is 5.95. The van der Waals surface area contributed by atoms with Crippen molar-refractivity contribution in [1.82, 2.24) is 20.4 Å². The van der Waals surface area contributed by atoms with E-state index in [1.54, 1.807) is 23.7 Å². The Hall–Kier alpha value is -2.70. The molecule has 7 heteroatoms. The molecule has 3 rings (SSSR count). The second kappa shape index (κ2) is 8.12. The van der Waals surface area contributed by atoms with Gasteiger partial charge in [0.2, 0.25) is 5.91 Å². The Morgan fingerprint density at radius 1 is 1.15 bits per heavy atom. The van der Waals surface area contributed by atoms with Crippen LogP contribution in [0.4, 0.5) is 4.39 Å². The highest BCUT2D eigenvalue weighted by Gasteiger charge is 2.22. The van der Waals surface area contributed by atoms with E-state index in [0.29, 0.717) is 30.0 Å². The van der Waals surface area contributed by atoms with Crippen LogP contribution >= 0.6 is 0 Å². The van der Waals surface area contributed by atoms with Gasteiger partial charge >= 0.3 is 0 Å². The fourth-order valence-electron chi connectivity index (χ4n) is 3.26. The number of amides is 2. The Balaban J connectivity index is 1.52. The standard InChI is InChI=1S/C19H23FN4O2/c1-13-17(12-23-24(13)16-8-6-15(20)7-9-16)19(26)22-11-10-21-18(25)14-4-2-3-5-14/h6-9,12,14H,2-5,10-11H2,1H3,(H,21,25)(H,22,26). The van der Waals surface area contributed by atoms with Crippen LogP contribution in [0.2, 0.25) is 0 Å². The van der Waals surface area contributed by atoms with E-state index in [2.05, 4.69) is 15.7 Å². The van der Waals surface area contributed by atoms with Gasteiger partial charge in [-0.15, -0.1) is 0 Å². The summed E-state index contributed by atoms with van der Waals surface area (Å²) in [4.78, 5) is 24.3. The zero-order chi connectivity index (χ0) is 18.5. The lowest BCUT2D eigenvalue weighted by Gasteiger charge is -2.11. The number of hydrogen-bond donors (Lipinski definition) is 2. The molecule has 1 aliphatic rings. The van der Waals surface area contributed by atoms with Gasteiger partial charge in [0.25, 0.3) is 5.91 Å². The number of carbonyl (C=O) groups is 2. The molecule has 0 bridgehead atoms. The number of benzene rings is 1. The number of nitrogens with one attached hydrogen (secondary N) is 2. The average Bonchev–Trinajstić information content (AvgIpc) is 3.29. The van der Waals surface area contributed by atoms with Gasteiger partial charge in [-0.05, 0) is 44.0 Å². The summed E-state index contributed by atoms with van der Waals surface area (Å²) in [5, 5.41) is 9.87. The minimum absolute atomic E-state index is 0.0806. The average molecular weight is 358 g/mol. The van der Waals surface area contributed by atoms with E-state index in [4.69, 9.17) is 0 Å². The van der Waals surface area contributed by atoms with E-state index < -0.39 is 0 Å². The molecule has 26 heavy (non-hydrogen) atoms. The van der Waals surface area contributed by atoms with E-state index >= 15 is 0 Å². The molecule has 0 spiro atoms. The largest absolute Gasteiger partial charge is 0.354 e. The topological polar surface area (TPSA) is 76.0 Å². The molecule has 0 radical (unpaired) electrons. The summed E-state index contributed by atoms with van der Waals surface area (Å²) >= 11 is 0. The fraction of sp³-hybridized carbons (Fsp3) is 0.421. The van der Waals surface area contributed by atoms with Gasteiger partial charge in [0.1, 0.15) is 5.82 Å². The molecule has 2 amide bonds. The lowest BCUT2D eigenvalue weighted by atomic mass is 10.1. The molecule has 1 aromatic carbocycles. The van der Waals surface area contributed by atoms with Gasteiger partial charge in [-0.2, -0.15) is 5.10 Å². The third kappa shape index (κ3) is 4.09. The van der Waals surface area contributed by atoms with Crippen molar-refractivity contribution in [3.63, 3.8) is 0 Å². The first kappa shape index (κ1) is 18.1. The molecule has 1 heterocycles. The summed E-state index contributed by atoms with van der Waals surface area (Å²) in [7, 11) is 0. The van der Waals surface area contributed by atoms with Crippen LogP contribution in [0.3, 0.4) is 0 Å². The zero-order valence-corrected chi connectivity index (χ0v) is 14.8. The third-order valence-corrected chi connectivity index (χ3v) is 4.76. The minimum atomic E-state index is -0.323. The van der Waals surface area contributed by atoms with Gasteiger partial charge in [0.15, 0.2) is 0 Å². The Kier molecular flexibility index (Phi) is 5.65. The van der Waals surface area contributed by atoms with Crippen LogP contribution in [0.1, 0.15) is 41.7 Å². The summed E-state index contributed by atoms with van der Waals surface area (Å²) in [5.41, 5.74) is 1.81. The predicted molar refractivity (Wildman–Crippen MR) is 95.6 cm³/mol. The van der Waals surface area contributed by atoms with Crippen LogP contribution in [-0.2, 0) is 4.79 Å². The Morgan fingerprint density at radius 2 is 1.81 bits per heavy atom. The number of hydrogen-bond acceptors (Lipinski definition) is 3. The quantitative estimate of drug-likeness (QED) is 0.779. The SMILES string of the molecule is Cc1c(C(=O)NCCNC(=O)C2CCCC2)cnn1-c1ccc(F)cc1. The van der Waals surface area contributed by atoms with Crippen molar-refractivity contribution in [3.8, 4) is 5.69 Å². The first-order chi connectivity index (χ1) is 12.6. The summed E-state index contributed by atoms with van der Waals surface area (Å²) < 4.78 is 14.6. The molecule has 0 atom stereocenters. The third-order valence-electron chi connectivity index (χ3n) is 4.76. The van der Waals surface area contributed by atoms with Gasteiger partial charge < -0.3 is 10.6 Å². The Bertz CT molecular complexity index is 779. The highest BCUT2D eigenvalue weighted by Crippen LogP contribution is 2.24. The lowest BCUT2D eigenvalue weighted by Crippen LogP contribution is -2.37. The number of nitrogens with zero attached hydrogens (tertiary/aromatic N) is 2. The van der Waals surface area contributed by atoms with Gasteiger partial charge in [-0.1, -0.05) is 12.8 Å². The van der Waals surface area contributed by atoms with Crippen molar-refractivity contribution in [2.24, 2.45) is 5.92 Å². The van der Waals surface area contributed by atoms with E-state index in [-0.39, 0.29) is 23.5 Å². The number of rotatable bonds is 6. The van der Waals surface area contributed by atoms with Crippen molar-refractivity contribution >= 4 is 11.8 Å². The first-order valence-electron chi connectivity index (χ1n) is 8.92. The zero-order valence-electron chi connectivity index (χ0n) is 14.8. The van der Waals surface area contributed by atoms with Crippen molar-refractivity contribution in [1.29, 1.82) is 0 Å². The summed E-state index contributed by atoms with van der Waals surface area (Å²) in [6.07, 6.45) is 5.64. The van der Waals surface area contributed by atoms with E-state index in [9.17, 15) is 14.0 Å². The Morgan fingerprint density at radius 3 is 2.50 bits per heavy atom. The van der Waals surface area contributed by atoms with Gasteiger partial charge in [-0.3, -0.25) is 9.59 Å². The Labute approximate surface area is 151 Å². The van der Waals surface area contributed by atoms with Crippen LogP contribution < -0.4 is 10.6 Å². The second-order valence-electron chi connectivity index (χ2n) is 6.56. The number of aromatic nitrogens is 2. The monoisotopic (exact) mass is 358 g/mol. The molecule has 1 aromatic heterocycles. The van der Waals surface area contributed by atoms with Crippen molar-refractivity contribution in [2.45, 2.75) is 32.6 Å². The van der Waals surface area contributed by atoms with Crippen LogP contribution in [0.25, 0.3) is 5.69 Å². The fourth-order valence-corrected chi connectivity index (χ4v) is 3.26. The molecule has 6 nitrogen and oxygen atoms in total. The number of carbonyl (C=O) groups excluding carboxylic acids is 2. The first-order valence-corrected chi connectivity index (χ1v) is 8.92. The molecule has 2 N–H and O–H groups in total. The van der Waals surface area contributed by atoms with Crippen LogP contribution in [-0.4, -0.2) is 34.7 Å². The maximum atomic E-state index is 13.0. The van der Waals surface area contributed by atoms with Gasteiger partial charge in [0, 0.05) is 19.0 Å². The predicted octanol–water partition coefficient (Wildman–Crippen LogP) is 2.36. The number of halogens is 1. The van der Waals surface area contributed by atoms with Crippen LogP contribution in [0.15, 0.2) is 30.5 Å². The van der Waals surface area contributed by atoms with Gasteiger partial charge in [0.05, 0.1) is 23.1 Å². The molecule has 0 unspecified atom stereocenters. The molecular formula is C19H23FN4O2. The molecular weight excluding hydrogens is 335 g/mol. The molecule has 1 fully saturated rings. The van der Waals surface area contributed by atoms with Crippen molar-refractivity contribution < 1.29 is 14.0 Å². The lowest BCUT2D eigenvalue weighted by molar-refractivity contribution is -0.124. The molecule has 0 aliphatic heterocycles. The molecule has 138 valence electrons. The molecule has 2 aromatic rings. The van der Waals surface area contributed by atoms with E-state index in [0.717, 1.165) is 25.7 Å². The second-order valence-corrected chi connectivity index (χ2v) is 6.56. The van der Waals surface area contributed by atoms with Gasteiger partial charge in [-0.25, -0.2) is 9.07 Å². The minimum Gasteiger partial charge on any atom is -0.354 e. The maximum Gasteiger partial charge on any atom is 0.254 e. The maximum absolute atomic E-state index is 13.0. The molecule has 0 saturated heterocycles. The smallest absolute Gasteiger partial charge is 0.254 e. The van der Waals surface area contributed by atoms with Crippen LogP contribution in [0, 0.1) is 18.7 Å². The normalized spacial score (nSPS) is 14.4. The summed E-state index contributed by atoms with van der Waals surface area (Å²) in [6.45, 7) is 2.55. The summed E-state index contributed by atoms with van der Waals surface area (Å²) in [5.74, 6) is -0.360. The molecule has 1 saturated carbocycles. The summed E-state index contributed by atoms with van der Waals surface area (Å²) in [6, 6.07) is 5.91. The van der Waals surface area contributed by atoms with E-state index in [1.165, 1.54) is 18.3 Å². The van der Waals surface area contributed by atoms with Crippen molar-refractivity contribution in [3.05, 3.63) is 47.5 Å². The van der Waals surface area contributed by atoms with Crippen LogP contribution in [0.5, 0.6) is 0 Å². The highest BCUT2D eigenvalue weighted by atomic mass is 19.1. The van der Waals surface area contributed by atoms with E-state index in [1.807, 2.05) is 0 Å². The van der Waals surface area contributed by atoms with Crippen molar-refractivity contribution in [2.75, 3.05) is 13.1 Å². The molecule has 1 aliphatic carbocycles.